The molecule has 1 saturated carbocycles. The highest BCUT2D eigenvalue weighted by Crippen LogP contribution is 2.27. The van der Waals surface area contributed by atoms with Gasteiger partial charge in [0.2, 0.25) is 0 Å². The number of rotatable bonds is 4. The largest absolute Gasteiger partial charge is 0.481 e. The maximum Gasteiger partial charge on any atom is 0.317 e. The van der Waals surface area contributed by atoms with Crippen molar-refractivity contribution in [2.24, 2.45) is 11.8 Å². The number of carboxylic acid groups (broad SMARTS) is 1. The Labute approximate surface area is 113 Å². The predicted molar refractivity (Wildman–Crippen MR) is 68.9 cm³/mol. The molecule has 1 saturated heterocycles. The number of aliphatic carboxylic acids is 1. The summed E-state index contributed by atoms with van der Waals surface area (Å²) in [6.07, 6.45) is 4.07. The molecule has 3 atom stereocenters. The van der Waals surface area contributed by atoms with Gasteiger partial charge in [-0.15, -0.1) is 0 Å². The minimum absolute atomic E-state index is 0.148. The first-order chi connectivity index (χ1) is 9.11. The number of nitrogens with one attached hydrogen (secondary N) is 1. The molecule has 1 aliphatic carbocycles. The molecule has 0 bridgehead atoms. The number of methoxy groups -OCH3 is 1. The number of nitrogens with zero attached hydrogens (tertiary/aromatic N) is 1. The van der Waals surface area contributed by atoms with E-state index >= 15 is 0 Å². The smallest absolute Gasteiger partial charge is 0.317 e. The monoisotopic (exact) mass is 270 g/mol. The summed E-state index contributed by atoms with van der Waals surface area (Å²) in [6.45, 7) is 1.46. The van der Waals surface area contributed by atoms with Crippen LogP contribution in [0.3, 0.4) is 0 Å². The first-order valence-corrected chi connectivity index (χ1v) is 6.90. The third-order valence-corrected chi connectivity index (χ3v) is 4.23. The molecule has 6 nitrogen and oxygen atoms in total. The average Bonchev–Trinajstić information content (AvgIpc) is 3.04. The Kier molecular flexibility index (Phi) is 4.63. The van der Waals surface area contributed by atoms with Crippen LogP contribution in [-0.4, -0.2) is 54.9 Å². The van der Waals surface area contributed by atoms with Crippen LogP contribution in [0.2, 0.25) is 0 Å². The molecule has 0 aromatic carbocycles. The van der Waals surface area contributed by atoms with Crippen LogP contribution >= 0.6 is 0 Å². The number of carboxylic acids is 1. The summed E-state index contributed by atoms with van der Waals surface area (Å²) in [4.78, 5) is 24.4. The predicted octanol–water partition coefficient (Wildman–Crippen LogP) is 0.918. The Balaban J connectivity index is 1.74. The molecule has 19 heavy (non-hydrogen) atoms. The third-order valence-electron chi connectivity index (χ3n) is 4.23. The van der Waals surface area contributed by atoms with E-state index in [0.717, 1.165) is 19.3 Å². The van der Waals surface area contributed by atoms with Gasteiger partial charge in [-0.25, -0.2) is 4.79 Å². The fourth-order valence-electron chi connectivity index (χ4n) is 3.02. The molecule has 1 heterocycles. The Morgan fingerprint density at radius 1 is 1.37 bits per heavy atom. The molecule has 1 aliphatic heterocycles. The Bertz CT molecular complexity index is 348. The summed E-state index contributed by atoms with van der Waals surface area (Å²) in [7, 11) is 1.71. The van der Waals surface area contributed by atoms with Crippen molar-refractivity contribution >= 4 is 12.0 Å². The fourth-order valence-corrected chi connectivity index (χ4v) is 3.02. The van der Waals surface area contributed by atoms with E-state index in [-0.39, 0.29) is 12.1 Å². The van der Waals surface area contributed by atoms with Crippen LogP contribution in [0.15, 0.2) is 0 Å². The summed E-state index contributed by atoms with van der Waals surface area (Å²) in [5.41, 5.74) is 0. The molecule has 2 N–H and O–H groups in total. The van der Waals surface area contributed by atoms with Crippen molar-refractivity contribution in [1.82, 2.24) is 10.2 Å². The van der Waals surface area contributed by atoms with E-state index in [1.54, 1.807) is 12.0 Å². The van der Waals surface area contributed by atoms with Gasteiger partial charge >= 0.3 is 12.0 Å². The van der Waals surface area contributed by atoms with Crippen LogP contribution in [0.25, 0.3) is 0 Å². The normalized spacial score (nSPS) is 30.6. The van der Waals surface area contributed by atoms with Crippen molar-refractivity contribution < 1.29 is 19.4 Å². The third kappa shape index (κ3) is 3.37. The van der Waals surface area contributed by atoms with Crippen molar-refractivity contribution in [1.29, 1.82) is 0 Å². The molecule has 2 fully saturated rings. The van der Waals surface area contributed by atoms with Gasteiger partial charge in [-0.2, -0.15) is 0 Å². The molecule has 0 spiro atoms. The number of urea groups is 1. The van der Waals surface area contributed by atoms with Crippen LogP contribution in [0.5, 0.6) is 0 Å². The lowest BCUT2D eigenvalue weighted by molar-refractivity contribution is -0.141. The van der Waals surface area contributed by atoms with Gasteiger partial charge in [-0.05, 0) is 19.3 Å². The van der Waals surface area contributed by atoms with Gasteiger partial charge in [0, 0.05) is 32.7 Å². The van der Waals surface area contributed by atoms with Gasteiger partial charge in [0.15, 0.2) is 0 Å². The summed E-state index contributed by atoms with van der Waals surface area (Å²) in [5, 5.41) is 11.8. The number of likely N-dealkylation sites (tertiary alicyclic amines) is 1. The maximum atomic E-state index is 11.9. The van der Waals surface area contributed by atoms with Gasteiger partial charge in [0.05, 0.1) is 12.0 Å². The number of ether oxygens (including phenoxy) is 1. The van der Waals surface area contributed by atoms with E-state index in [1.807, 2.05) is 0 Å². The molecule has 0 aromatic rings. The highest BCUT2D eigenvalue weighted by molar-refractivity contribution is 5.77. The van der Waals surface area contributed by atoms with Crippen molar-refractivity contribution in [3.63, 3.8) is 0 Å². The summed E-state index contributed by atoms with van der Waals surface area (Å²) >= 11 is 0. The molecule has 6 heteroatoms. The first kappa shape index (κ1) is 14.1. The molecule has 3 unspecified atom stereocenters. The summed E-state index contributed by atoms with van der Waals surface area (Å²) < 4.78 is 5.39. The first-order valence-electron chi connectivity index (χ1n) is 6.90. The molecular weight excluding hydrogens is 248 g/mol. The molecule has 2 amide bonds. The lowest BCUT2D eigenvalue weighted by Crippen LogP contribution is -2.42. The van der Waals surface area contributed by atoms with Crippen LogP contribution in [0.4, 0.5) is 4.79 Å². The fraction of sp³-hybridized carbons (Fsp3) is 0.846. The quantitative estimate of drug-likeness (QED) is 0.796. The maximum absolute atomic E-state index is 11.9. The van der Waals surface area contributed by atoms with E-state index in [4.69, 9.17) is 9.84 Å². The van der Waals surface area contributed by atoms with Gasteiger partial charge < -0.3 is 20.1 Å². The van der Waals surface area contributed by atoms with E-state index in [9.17, 15) is 9.59 Å². The Hall–Kier alpha value is -1.30. The summed E-state index contributed by atoms with van der Waals surface area (Å²) in [6, 6.07) is -0.148. The van der Waals surface area contributed by atoms with E-state index in [2.05, 4.69) is 5.32 Å². The van der Waals surface area contributed by atoms with E-state index in [0.29, 0.717) is 32.0 Å². The minimum Gasteiger partial charge on any atom is -0.481 e. The van der Waals surface area contributed by atoms with E-state index in [1.165, 1.54) is 0 Å². The molecule has 108 valence electrons. The molecule has 0 aromatic heterocycles. The number of amides is 2. The summed E-state index contributed by atoms with van der Waals surface area (Å²) in [5.74, 6) is -0.846. The second kappa shape index (κ2) is 6.23. The SMILES string of the molecule is COC1CCCC1CNC(=O)N1CCC(C(=O)O)C1. The Morgan fingerprint density at radius 3 is 2.79 bits per heavy atom. The van der Waals surface area contributed by atoms with Gasteiger partial charge in [0.25, 0.3) is 0 Å². The van der Waals surface area contributed by atoms with Gasteiger partial charge in [-0.1, -0.05) is 6.42 Å². The number of carbonyl (C=O) groups is 2. The number of carbonyl (C=O) groups excluding carboxylic acids is 1. The number of hydrogen-bond acceptors (Lipinski definition) is 3. The zero-order valence-corrected chi connectivity index (χ0v) is 11.3. The standard InChI is InChI=1S/C13H22N2O4/c1-19-11-4-2-3-9(11)7-14-13(18)15-6-5-10(8-15)12(16)17/h9-11H,2-8H2,1H3,(H,14,18)(H,16,17). The molecule has 0 radical (unpaired) electrons. The second-order valence-corrected chi connectivity index (χ2v) is 5.42. The number of hydrogen-bond donors (Lipinski definition) is 2. The minimum atomic E-state index is -0.814. The Morgan fingerprint density at radius 2 is 2.16 bits per heavy atom. The lowest BCUT2D eigenvalue weighted by atomic mass is 10.1. The molecule has 2 aliphatic rings. The topological polar surface area (TPSA) is 78.9 Å². The van der Waals surface area contributed by atoms with E-state index < -0.39 is 11.9 Å². The van der Waals surface area contributed by atoms with Crippen LogP contribution < -0.4 is 5.32 Å². The van der Waals surface area contributed by atoms with Crippen LogP contribution in [0.1, 0.15) is 25.7 Å². The second-order valence-electron chi connectivity index (χ2n) is 5.42. The zero-order chi connectivity index (χ0) is 13.8. The highest BCUT2D eigenvalue weighted by atomic mass is 16.5. The lowest BCUT2D eigenvalue weighted by Gasteiger charge is -2.21. The van der Waals surface area contributed by atoms with Crippen LogP contribution in [-0.2, 0) is 9.53 Å². The highest BCUT2D eigenvalue weighted by Gasteiger charge is 2.32. The molecular formula is C13H22N2O4. The van der Waals surface area contributed by atoms with Crippen molar-refractivity contribution in [3.05, 3.63) is 0 Å². The van der Waals surface area contributed by atoms with Gasteiger partial charge in [-0.3, -0.25) is 4.79 Å². The van der Waals surface area contributed by atoms with Crippen molar-refractivity contribution in [2.75, 3.05) is 26.7 Å². The van der Waals surface area contributed by atoms with Crippen molar-refractivity contribution in [2.45, 2.75) is 31.8 Å². The van der Waals surface area contributed by atoms with Crippen molar-refractivity contribution in [3.8, 4) is 0 Å². The van der Waals surface area contributed by atoms with Gasteiger partial charge in [0.1, 0.15) is 0 Å². The molecule has 2 rings (SSSR count). The van der Waals surface area contributed by atoms with Crippen LogP contribution in [0, 0.1) is 11.8 Å². The zero-order valence-electron chi connectivity index (χ0n) is 11.3. The average molecular weight is 270 g/mol.